The lowest BCUT2D eigenvalue weighted by molar-refractivity contribution is -0.116. The van der Waals surface area contributed by atoms with Crippen molar-refractivity contribution in [3.63, 3.8) is 0 Å². The van der Waals surface area contributed by atoms with E-state index in [1.807, 2.05) is 19.1 Å². The summed E-state index contributed by atoms with van der Waals surface area (Å²) in [4.78, 5) is 24.3. The molecule has 31 heavy (non-hydrogen) atoms. The van der Waals surface area contributed by atoms with E-state index in [-0.39, 0.29) is 35.1 Å². The number of nitrogens with one attached hydrogen (secondary N) is 2. The number of Topliss-reactive ketones (excluding diaryl/α,β-unsaturated/α-hetero) is 1. The molecule has 0 saturated heterocycles. The number of aryl methyl sites for hydroxylation is 1. The first-order chi connectivity index (χ1) is 14.7. The molecule has 160 valence electrons. The van der Waals surface area contributed by atoms with Crippen LogP contribution >= 0.6 is 0 Å². The summed E-state index contributed by atoms with van der Waals surface area (Å²) in [6, 6.07) is 17.8. The molecule has 0 aliphatic carbocycles. The van der Waals surface area contributed by atoms with Gasteiger partial charge in [0.1, 0.15) is 5.82 Å². The van der Waals surface area contributed by atoms with Crippen LogP contribution in [-0.4, -0.2) is 20.1 Å². The average molecular weight is 440 g/mol. The van der Waals surface area contributed by atoms with Crippen LogP contribution in [0.3, 0.4) is 0 Å². The molecule has 0 bridgehead atoms. The first kappa shape index (κ1) is 22.2. The monoisotopic (exact) mass is 440 g/mol. The summed E-state index contributed by atoms with van der Waals surface area (Å²) in [6.45, 7) is 1.93. The minimum absolute atomic E-state index is 0.00782. The summed E-state index contributed by atoms with van der Waals surface area (Å²) in [6.07, 6.45) is 0.0762. The molecule has 3 rings (SSSR count). The normalized spacial score (nSPS) is 11.0. The predicted molar refractivity (Wildman–Crippen MR) is 117 cm³/mol. The van der Waals surface area contributed by atoms with E-state index in [2.05, 4.69) is 10.0 Å². The maximum Gasteiger partial charge on any atom is 0.261 e. The first-order valence-electron chi connectivity index (χ1n) is 9.51. The Kier molecular flexibility index (Phi) is 6.81. The third-order valence-electron chi connectivity index (χ3n) is 4.48. The van der Waals surface area contributed by atoms with Crippen LogP contribution in [0.2, 0.25) is 0 Å². The van der Waals surface area contributed by atoms with Gasteiger partial charge in [-0.25, -0.2) is 12.8 Å². The molecule has 0 fully saturated rings. The molecule has 0 heterocycles. The number of hydrogen-bond acceptors (Lipinski definition) is 4. The summed E-state index contributed by atoms with van der Waals surface area (Å²) < 4.78 is 40.4. The molecule has 6 nitrogen and oxygen atoms in total. The molecule has 0 unspecified atom stereocenters. The van der Waals surface area contributed by atoms with Gasteiger partial charge >= 0.3 is 0 Å². The second-order valence-corrected chi connectivity index (χ2v) is 8.66. The lowest BCUT2D eigenvalue weighted by Gasteiger charge is -2.10. The zero-order valence-corrected chi connectivity index (χ0v) is 17.6. The molecular weight excluding hydrogens is 419 g/mol. The molecule has 0 saturated carbocycles. The van der Waals surface area contributed by atoms with Gasteiger partial charge in [-0.15, -0.1) is 0 Å². The first-order valence-corrected chi connectivity index (χ1v) is 11.0. The quantitative estimate of drug-likeness (QED) is 0.503. The van der Waals surface area contributed by atoms with Crippen LogP contribution in [0.5, 0.6) is 0 Å². The zero-order chi connectivity index (χ0) is 22.4. The van der Waals surface area contributed by atoms with Gasteiger partial charge in [-0.05, 0) is 49.4 Å². The van der Waals surface area contributed by atoms with E-state index in [0.717, 1.165) is 11.6 Å². The van der Waals surface area contributed by atoms with Crippen LogP contribution < -0.4 is 10.0 Å². The van der Waals surface area contributed by atoms with Crippen molar-refractivity contribution in [3.05, 3.63) is 89.7 Å². The number of rotatable bonds is 8. The number of amides is 1. The Morgan fingerprint density at radius 3 is 2.19 bits per heavy atom. The number of carbonyl (C=O) groups is 2. The van der Waals surface area contributed by atoms with E-state index in [1.54, 1.807) is 12.1 Å². The van der Waals surface area contributed by atoms with Crippen LogP contribution in [-0.2, 0) is 14.8 Å². The molecule has 0 radical (unpaired) electrons. The van der Waals surface area contributed by atoms with Crippen molar-refractivity contribution in [2.24, 2.45) is 0 Å². The minimum atomic E-state index is -3.90. The average Bonchev–Trinajstić information content (AvgIpc) is 2.72. The molecule has 3 aromatic rings. The van der Waals surface area contributed by atoms with Crippen molar-refractivity contribution >= 4 is 33.1 Å². The highest BCUT2D eigenvalue weighted by Crippen LogP contribution is 2.19. The van der Waals surface area contributed by atoms with Gasteiger partial charge in [-0.1, -0.05) is 35.9 Å². The number of halogens is 1. The van der Waals surface area contributed by atoms with Crippen molar-refractivity contribution in [2.45, 2.75) is 24.7 Å². The topological polar surface area (TPSA) is 92.3 Å². The fourth-order valence-corrected chi connectivity index (χ4v) is 3.87. The molecule has 8 heteroatoms. The van der Waals surface area contributed by atoms with Crippen LogP contribution in [0.15, 0.2) is 77.7 Å². The highest BCUT2D eigenvalue weighted by molar-refractivity contribution is 7.92. The van der Waals surface area contributed by atoms with Crippen LogP contribution in [0, 0.1) is 12.7 Å². The van der Waals surface area contributed by atoms with Gasteiger partial charge in [-0.3, -0.25) is 14.3 Å². The number of carbonyl (C=O) groups excluding carboxylic acids is 2. The Bertz CT molecular complexity index is 1190. The van der Waals surface area contributed by atoms with Crippen molar-refractivity contribution < 1.29 is 22.4 Å². The van der Waals surface area contributed by atoms with Gasteiger partial charge in [-0.2, -0.15) is 0 Å². The van der Waals surface area contributed by atoms with Crippen molar-refractivity contribution in [3.8, 4) is 0 Å². The number of hydrogen-bond donors (Lipinski definition) is 2. The number of ketones is 1. The van der Waals surface area contributed by atoms with Crippen LogP contribution in [0.25, 0.3) is 0 Å². The Morgan fingerprint density at radius 1 is 0.871 bits per heavy atom. The fourth-order valence-electron chi connectivity index (χ4n) is 2.82. The van der Waals surface area contributed by atoms with Gasteiger partial charge in [0.25, 0.3) is 10.0 Å². The van der Waals surface area contributed by atoms with E-state index in [0.29, 0.717) is 11.3 Å². The molecule has 0 aliphatic heterocycles. The smallest absolute Gasteiger partial charge is 0.261 e. The molecule has 1 amide bonds. The highest BCUT2D eigenvalue weighted by Gasteiger charge is 2.15. The van der Waals surface area contributed by atoms with Crippen LogP contribution in [0.4, 0.5) is 15.8 Å². The second kappa shape index (κ2) is 9.53. The van der Waals surface area contributed by atoms with E-state index in [9.17, 15) is 22.4 Å². The standard InChI is InChI=1S/C23H21FN2O4S/c1-16-5-7-17(8-6-16)22(27)13-14-23(28)25-19-9-11-21(12-10-19)31(29,30)26-20-4-2-3-18(24)15-20/h2-12,15,26H,13-14H2,1H3,(H,25,28). The maximum atomic E-state index is 13.2. The minimum Gasteiger partial charge on any atom is -0.326 e. The van der Waals surface area contributed by atoms with E-state index < -0.39 is 15.8 Å². The lowest BCUT2D eigenvalue weighted by Crippen LogP contribution is -2.15. The Morgan fingerprint density at radius 2 is 1.55 bits per heavy atom. The van der Waals surface area contributed by atoms with Crippen LogP contribution in [0.1, 0.15) is 28.8 Å². The van der Waals surface area contributed by atoms with E-state index in [1.165, 1.54) is 42.5 Å². The van der Waals surface area contributed by atoms with Gasteiger partial charge in [0.2, 0.25) is 5.91 Å². The largest absolute Gasteiger partial charge is 0.326 e. The lowest BCUT2D eigenvalue weighted by atomic mass is 10.0. The summed E-state index contributed by atoms with van der Waals surface area (Å²) in [7, 11) is -3.90. The van der Waals surface area contributed by atoms with Gasteiger partial charge in [0, 0.05) is 24.1 Å². The number of sulfonamides is 1. The number of benzene rings is 3. The van der Waals surface area contributed by atoms with Crippen molar-refractivity contribution in [1.29, 1.82) is 0 Å². The summed E-state index contributed by atoms with van der Waals surface area (Å²) in [5, 5.41) is 2.64. The van der Waals surface area contributed by atoms with E-state index >= 15 is 0 Å². The highest BCUT2D eigenvalue weighted by atomic mass is 32.2. The van der Waals surface area contributed by atoms with E-state index in [4.69, 9.17) is 0 Å². The van der Waals surface area contributed by atoms with Gasteiger partial charge in [0.15, 0.2) is 5.78 Å². The molecular formula is C23H21FN2O4S. The zero-order valence-electron chi connectivity index (χ0n) is 16.8. The fraction of sp³-hybridized carbons (Fsp3) is 0.130. The molecule has 0 aromatic heterocycles. The SMILES string of the molecule is Cc1ccc(C(=O)CCC(=O)Nc2ccc(S(=O)(=O)Nc3cccc(F)c3)cc2)cc1. The molecule has 0 atom stereocenters. The Labute approximate surface area is 180 Å². The second-order valence-electron chi connectivity index (χ2n) is 6.98. The van der Waals surface area contributed by atoms with Crippen molar-refractivity contribution in [1.82, 2.24) is 0 Å². The maximum absolute atomic E-state index is 13.2. The summed E-state index contributed by atoms with van der Waals surface area (Å²) in [5.41, 5.74) is 2.11. The third kappa shape index (κ3) is 6.23. The third-order valence-corrected chi connectivity index (χ3v) is 5.88. The molecule has 3 aromatic carbocycles. The summed E-state index contributed by atoms with van der Waals surface area (Å²) >= 11 is 0. The Balaban J connectivity index is 1.56. The van der Waals surface area contributed by atoms with Gasteiger partial charge in [0.05, 0.1) is 10.6 Å². The predicted octanol–water partition coefficient (Wildman–Crippen LogP) is 4.54. The number of anilines is 2. The Hall–Kier alpha value is -3.52. The summed E-state index contributed by atoms with van der Waals surface area (Å²) in [5.74, 6) is -1.03. The van der Waals surface area contributed by atoms with Gasteiger partial charge < -0.3 is 5.32 Å². The molecule has 2 N–H and O–H groups in total. The molecule has 0 spiro atoms. The molecule has 0 aliphatic rings. The van der Waals surface area contributed by atoms with Crippen molar-refractivity contribution in [2.75, 3.05) is 10.0 Å².